The van der Waals surface area contributed by atoms with Crippen molar-refractivity contribution in [3.05, 3.63) is 65.7 Å². The fourth-order valence-electron chi connectivity index (χ4n) is 2.28. The van der Waals surface area contributed by atoms with Gasteiger partial charge in [-0.25, -0.2) is 0 Å². The molecule has 0 bridgehead atoms. The Morgan fingerprint density at radius 3 is 2.76 bits per heavy atom. The Bertz CT molecular complexity index is 677. The molecular formula is C17H16N2O2. The number of rotatable bonds is 3. The van der Waals surface area contributed by atoms with Crippen LogP contribution in [0.25, 0.3) is 6.08 Å². The molecule has 4 nitrogen and oxygen atoms in total. The highest BCUT2D eigenvalue weighted by atomic mass is 16.5. The molecule has 0 saturated heterocycles. The van der Waals surface area contributed by atoms with Crippen LogP contribution < -0.4 is 15.8 Å². The zero-order valence-electron chi connectivity index (χ0n) is 11.5. The molecule has 4 heteroatoms. The van der Waals surface area contributed by atoms with Crippen molar-refractivity contribution in [2.45, 2.75) is 6.04 Å². The summed E-state index contributed by atoms with van der Waals surface area (Å²) in [6.07, 6.45) is 3.28. The Hall–Kier alpha value is -2.75. The second-order valence-electron chi connectivity index (χ2n) is 4.91. The lowest BCUT2D eigenvalue weighted by Gasteiger charge is -2.09. The molecule has 1 heterocycles. The molecule has 0 saturated carbocycles. The SMILES string of the molecule is Nc1ccc(/C=C/C(=O)NC2COc3ccccc32)cc1. The smallest absolute Gasteiger partial charge is 0.244 e. The molecule has 1 aliphatic heterocycles. The van der Waals surface area contributed by atoms with Crippen molar-refractivity contribution in [1.82, 2.24) is 5.32 Å². The molecule has 1 aliphatic rings. The van der Waals surface area contributed by atoms with E-state index in [0.717, 1.165) is 16.9 Å². The van der Waals surface area contributed by atoms with Gasteiger partial charge in [-0.05, 0) is 29.8 Å². The summed E-state index contributed by atoms with van der Waals surface area (Å²) in [5.41, 5.74) is 8.28. The maximum atomic E-state index is 12.0. The van der Waals surface area contributed by atoms with E-state index in [1.165, 1.54) is 6.08 Å². The van der Waals surface area contributed by atoms with Gasteiger partial charge >= 0.3 is 0 Å². The Kier molecular flexibility index (Phi) is 3.60. The molecule has 2 aromatic carbocycles. The van der Waals surface area contributed by atoms with Crippen LogP contribution in [0.3, 0.4) is 0 Å². The van der Waals surface area contributed by atoms with Gasteiger partial charge in [-0.1, -0.05) is 30.3 Å². The molecule has 1 atom stereocenters. The van der Waals surface area contributed by atoms with E-state index >= 15 is 0 Å². The van der Waals surface area contributed by atoms with Crippen LogP contribution in [-0.4, -0.2) is 12.5 Å². The van der Waals surface area contributed by atoms with Gasteiger partial charge in [0.15, 0.2) is 0 Å². The number of benzene rings is 2. The average molecular weight is 280 g/mol. The van der Waals surface area contributed by atoms with Gasteiger partial charge in [0, 0.05) is 17.3 Å². The largest absolute Gasteiger partial charge is 0.491 e. The summed E-state index contributed by atoms with van der Waals surface area (Å²) in [4.78, 5) is 12.0. The first-order valence-electron chi connectivity index (χ1n) is 6.78. The number of anilines is 1. The molecule has 1 amide bonds. The standard InChI is InChI=1S/C17H16N2O2/c18-13-8-5-12(6-9-13)7-10-17(20)19-15-11-21-16-4-2-1-3-14(15)16/h1-10,15H,11,18H2,(H,19,20)/b10-7+. The maximum Gasteiger partial charge on any atom is 0.244 e. The van der Waals surface area contributed by atoms with Gasteiger partial charge in [-0.2, -0.15) is 0 Å². The van der Waals surface area contributed by atoms with Crippen LogP contribution in [0.1, 0.15) is 17.2 Å². The summed E-state index contributed by atoms with van der Waals surface area (Å²) < 4.78 is 5.54. The fourth-order valence-corrected chi connectivity index (χ4v) is 2.28. The Balaban J connectivity index is 1.64. The first-order valence-corrected chi connectivity index (χ1v) is 6.78. The summed E-state index contributed by atoms with van der Waals surface area (Å²) in [5.74, 6) is 0.697. The number of nitrogens with one attached hydrogen (secondary N) is 1. The minimum absolute atomic E-state index is 0.0928. The van der Waals surface area contributed by atoms with Gasteiger partial charge in [0.25, 0.3) is 0 Å². The fraction of sp³-hybridized carbons (Fsp3) is 0.118. The van der Waals surface area contributed by atoms with Crippen LogP contribution in [-0.2, 0) is 4.79 Å². The minimum Gasteiger partial charge on any atom is -0.491 e. The van der Waals surface area contributed by atoms with E-state index in [0.29, 0.717) is 12.3 Å². The molecule has 0 aromatic heterocycles. The number of amides is 1. The maximum absolute atomic E-state index is 12.0. The summed E-state index contributed by atoms with van der Waals surface area (Å²) in [6.45, 7) is 0.473. The number of para-hydroxylation sites is 1. The quantitative estimate of drug-likeness (QED) is 0.671. The van der Waals surface area contributed by atoms with E-state index in [1.807, 2.05) is 36.4 Å². The molecular weight excluding hydrogens is 264 g/mol. The predicted molar refractivity (Wildman–Crippen MR) is 82.7 cm³/mol. The molecule has 3 N–H and O–H groups in total. The molecule has 0 radical (unpaired) electrons. The molecule has 2 aromatic rings. The number of carbonyl (C=O) groups excluding carboxylic acids is 1. The zero-order chi connectivity index (χ0) is 14.7. The van der Waals surface area contributed by atoms with Crippen LogP contribution >= 0.6 is 0 Å². The second kappa shape index (κ2) is 5.71. The molecule has 21 heavy (non-hydrogen) atoms. The first-order chi connectivity index (χ1) is 10.2. The van der Waals surface area contributed by atoms with Crippen LogP contribution in [0.15, 0.2) is 54.6 Å². The van der Waals surface area contributed by atoms with E-state index in [1.54, 1.807) is 18.2 Å². The molecule has 0 spiro atoms. The van der Waals surface area contributed by atoms with Crippen molar-refractivity contribution in [2.24, 2.45) is 0 Å². The normalized spacial score (nSPS) is 16.5. The van der Waals surface area contributed by atoms with E-state index in [2.05, 4.69) is 5.32 Å². The number of nitrogen functional groups attached to an aromatic ring is 1. The van der Waals surface area contributed by atoms with Crippen LogP contribution in [0.4, 0.5) is 5.69 Å². The molecule has 1 unspecified atom stereocenters. The lowest BCUT2D eigenvalue weighted by atomic mass is 10.1. The highest BCUT2D eigenvalue weighted by Gasteiger charge is 2.24. The minimum atomic E-state index is -0.142. The van der Waals surface area contributed by atoms with Crippen molar-refractivity contribution in [1.29, 1.82) is 0 Å². The molecule has 0 aliphatic carbocycles. The van der Waals surface area contributed by atoms with Crippen molar-refractivity contribution >= 4 is 17.7 Å². The number of nitrogens with two attached hydrogens (primary N) is 1. The lowest BCUT2D eigenvalue weighted by molar-refractivity contribution is -0.117. The van der Waals surface area contributed by atoms with Gasteiger partial charge in [-0.15, -0.1) is 0 Å². The third-order valence-electron chi connectivity index (χ3n) is 3.38. The summed E-state index contributed by atoms with van der Waals surface area (Å²) in [6, 6.07) is 15.0. The van der Waals surface area contributed by atoms with Crippen LogP contribution in [0.2, 0.25) is 0 Å². The lowest BCUT2D eigenvalue weighted by Crippen LogP contribution is -2.27. The van der Waals surface area contributed by atoms with Crippen molar-refractivity contribution in [3.8, 4) is 5.75 Å². The predicted octanol–water partition coefficient (Wildman–Crippen LogP) is 2.53. The highest BCUT2D eigenvalue weighted by Crippen LogP contribution is 2.31. The van der Waals surface area contributed by atoms with E-state index in [9.17, 15) is 4.79 Å². The highest BCUT2D eigenvalue weighted by molar-refractivity contribution is 5.92. The molecule has 106 valence electrons. The Labute approximate surface area is 123 Å². The van der Waals surface area contributed by atoms with Gasteiger partial charge in [-0.3, -0.25) is 4.79 Å². The third-order valence-corrected chi connectivity index (χ3v) is 3.38. The number of ether oxygens (including phenoxy) is 1. The van der Waals surface area contributed by atoms with Crippen molar-refractivity contribution < 1.29 is 9.53 Å². The van der Waals surface area contributed by atoms with Gasteiger partial charge in [0.2, 0.25) is 5.91 Å². The van der Waals surface area contributed by atoms with E-state index in [4.69, 9.17) is 10.5 Å². The summed E-state index contributed by atoms with van der Waals surface area (Å²) in [5, 5.41) is 2.94. The number of hydrogen-bond acceptors (Lipinski definition) is 3. The number of fused-ring (bicyclic) bond motifs is 1. The average Bonchev–Trinajstić information content (AvgIpc) is 2.90. The zero-order valence-corrected chi connectivity index (χ0v) is 11.5. The number of carbonyl (C=O) groups is 1. The second-order valence-corrected chi connectivity index (χ2v) is 4.91. The Morgan fingerprint density at radius 1 is 1.19 bits per heavy atom. The van der Waals surface area contributed by atoms with Crippen molar-refractivity contribution in [3.63, 3.8) is 0 Å². The molecule has 3 rings (SSSR count). The molecule has 0 fully saturated rings. The summed E-state index contributed by atoms with van der Waals surface area (Å²) >= 11 is 0. The van der Waals surface area contributed by atoms with Gasteiger partial charge in [0.05, 0.1) is 6.04 Å². The topological polar surface area (TPSA) is 64.4 Å². The van der Waals surface area contributed by atoms with Gasteiger partial charge in [0.1, 0.15) is 12.4 Å². The summed E-state index contributed by atoms with van der Waals surface area (Å²) in [7, 11) is 0. The van der Waals surface area contributed by atoms with Crippen LogP contribution in [0.5, 0.6) is 5.75 Å². The Morgan fingerprint density at radius 2 is 1.95 bits per heavy atom. The van der Waals surface area contributed by atoms with Gasteiger partial charge < -0.3 is 15.8 Å². The van der Waals surface area contributed by atoms with Crippen molar-refractivity contribution in [2.75, 3.05) is 12.3 Å². The first kappa shape index (κ1) is 13.2. The van der Waals surface area contributed by atoms with E-state index in [-0.39, 0.29) is 11.9 Å². The third kappa shape index (κ3) is 3.05. The van der Waals surface area contributed by atoms with E-state index < -0.39 is 0 Å². The number of hydrogen-bond donors (Lipinski definition) is 2. The van der Waals surface area contributed by atoms with Crippen LogP contribution in [0, 0.1) is 0 Å². The monoisotopic (exact) mass is 280 g/mol.